The maximum Gasteiger partial charge on any atom is 0.313 e. The molecule has 1 aliphatic carbocycles. The highest BCUT2D eigenvalue weighted by atomic mass is 16.5. The number of carbonyl (C=O) groups excluding carboxylic acids is 1. The molecule has 0 aromatic heterocycles. The van der Waals surface area contributed by atoms with E-state index in [9.17, 15) is 4.79 Å². The lowest BCUT2D eigenvalue weighted by molar-refractivity contribution is -0.152. The second kappa shape index (κ2) is 4.32. The molecule has 0 N–H and O–H groups in total. The van der Waals surface area contributed by atoms with Crippen molar-refractivity contribution in [1.29, 1.82) is 0 Å². The third-order valence-electron chi connectivity index (χ3n) is 5.72. The van der Waals surface area contributed by atoms with Crippen LogP contribution in [0.4, 0.5) is 0 Å². The predicted molar refractivity (Wildman–Crippen MR) is 76.0 cm³/mol. The summed E-state index contributed by atoms with van der Waals surface area (Å²) in [7, 11) is 1.54. The number of piperidine rings is 1. The average molecular weight is 271 g/mol. The van der Waals surface area contributed by atoms with E-state index < -0.39 is 0 Å². The molecule has 2 aliphatic heterocycles. The number of hydrogen-bond donors (Lipinski definition) is 0. The summed E-state index contributed by atoms with van der Waals surface area (Å²) in [6.45, 7) is 0.974. The van der Waals surface area contributed by atoms with Gasteiger partial charge in [-0.25, -0.2) is 0 Å². The Bertz CT molecular complexity index is 529. The number of rotatable bonds is 3. The van der Waals surface area contributed by atoms with E-state index in [-0.39, 0.29) is 11.4 Å². The molecule has 3 nitrogen and oxygen atoms in total. The molecule has 2 bridgehead atoms. The number of esters is 1. The number of carbonyl (C=O) groups is 1. The molecule has 1 aromatic carbocycles. The Morgan fingerprint density at radius 3 is 2.90 bits per heavy atom. The lowest BCUT2D eigenvalue weighted by atomic mass is 9.88. The molecule has 1 aromatic rings. The molecule has 2 saturated heterocycles. The van der Waals surface area contributed by atoms with Gasteiger partial charge in [-0.3, -0.25) is 9.69 Å². The fourth-order valence-corrected chi connectivity index (χ4v) is 4.73. The molecular weight excluding hydrogens is 250 g/mol. The van der Waals surface area contributed by atoms with Crippen molar-refractivity contribution in [2.24, 2.45) is 11.3 Å². The van der Waals surface area contributed by atoms with Crippen molar-refractivity contribution in [3.63, 3.8) is 0 Å². The van der Waals surface area contributed by atoms with Crippen molar-refractivity contribution in [2.45, 2.75) is 44.3 Å². The first-order chi connectivity index (χ1) is 9.75. The summed E-state index contributed by atoms with van der Waals surface area (Å²) < 4.78 is 5.12. The quantitative estimate of drug-likeness (QED) is 0.791. The van der Waals surface area contributed by atoms with Crippen LogP contribution in [0.15, 0.2) is 30.3 Å². The topological polar surface area (TPSA) is 29.5 Å². The Hall–Kier alpha value is -1.35. The van der Waals surface area contributed by atoms with Crippen LogP contribution in [-0.2, 0) is 16.1 Å². The van der Waals surface area contributed by atoms with Gasteiger partial charge in [0.25, 0.3) is 0 Å². The van der Waals surface area contributed by atoms with Crippen molar-refractivity contribution in [3.8, 4) is 0 Å². The molecule has 106 valence electrons. The van der Waals surface area contributed by atoms with Gasteiger partial charge in [0.15, 0.2) is 0 Å². The zero-order valence-electron chi connectivity index (χ0n) is 11.9. The number of methoxy groups -OCH3 is 1. The third kappa shape index (κ3) is 1.59. The van der Waals surface area contributed by atoms with Gasteiger partial charge in [0.05, 0.1) is 12.5 Å². The second-order valence-electron chi connectivity index (χ2n) is 6.57. The minimum absolute atomic E-state index is 0.0333. The first-order valence-corrected chi connectivity index (χ1v) is 7.64. The summed E-state index contributed by atoms with van der Waals surface area (Å²) in [5, 5.41) is 0. The fourth-order valence-electron chi connectivity index (χ4n) is 4.73. The van der Waals surface area contributed by atoms with E-state index in [2.05, 4.69) is 35.2 Å². The van der Waals surface area contributed by atoms with Gasteiger partial charge >= 0.3 is 5.97 Å². The molecule has 3 aliphatic rings. The molecule has 4 unspecified atom stereocenters. The molecule has 3 fully saturated rings. The van der Waals surface area contributed by atoms with Crippen molar-refractivity contribution < 1.29 is 9.53 Å². The molecular formula is C17H21NO2. The minimum atomic E-state index is -0.170. The van der Waals surface area contributed by atoms with Gasteiger partial charge in [0.1, 0.15) is 0 Å². The Morgan fingerprint density at radius 2 is 2.15 bits per heavy atom. The van der Waals surface area contributed by atoms with Crippen molar-refractivity contribution in [2.75, 3.05) is 7.11 Å². The van der Waals surface area contributed by atoms with Gasteiger partial charge in [0, 0.05) is 18.6 Å². The first-order valence-electron chi connectivity index (χ1n) is 7.64. The third-order valence-corrected chi connectivity index (χ3v) is 5.72. The van der Waals surface area contributed by atoms with E-state index in [0.29, 0.717) is 18.0 Å². The van der Waals surface area contributed by atoms with Crippen LogP contribution in [0.1, 0.15) is 31.2 Å². The molecule has 0 amide bonds. The van der Waals surface area contributed by atoms with E-state index >= 15 is 0 Å². The van der Waals surface area contributed by atoms with Crippen LogP contribution in [0.3, 0.4) is 0 Å². The molecule has 4 rings (SSSR count). The van der Waals surface area contributed by atoms with Gasteiger partial charge < -0.3 is 4.74 Å². The first kappa shape index (κ1) is 12.4. The molecule has 0 spiro atoms. The SMILES string of the molecule is COC(=O)C12CC1CC1CCC2N1Cc1ccccc1. The molecule has 2 heterocycles. The van der Waals surface area contributed by atoms with Crippen LogP contribution in [0.2, 0.25) is 0 Å². The Balaban J connectivity index is 1.60. The van der Waals surface area contributed by atoms with Gasteiger partial charge in [-0.15, -0.1) is 0 Å². The van der Waals surface area contributed by atoms with E-state index in [0.717, 1.165) is 19.4 Å². The monoisotopic (exact) mass is 271 g/mol. The van der Waals surface area contributed by atoms with Crippen LogP contribution in [-0.4, -0.2) is 30.1 Å². The van der Waals surface area contributed by atoms with E-state index in [4.69, 9.17) is 4.74 Å². The number of hydrogen-bond acceptors (Lipinski definition) is 3. The maximum absolute atomic E-state index is 12.3. The van der Waals surface area contributed by atoms with E-state index in [1.165, 1.54) is 25.5 Å². The van der Waals surface area contributed by atoms with Crippen molar-refractivity contribution in [3.05, 3.63) is 35.9 Å². The highest BCUT2D eigenvalue weighted by molar-refractivity contribution is 5.82. The minimum Gasteiger partial charge on any atom is -0.469 e. The highest BCUT2D eigenvalue weighted by Crippen LogP contribution is 2.66. The number of fused-ring (bicyclic) bond motifs is 4. The van der Waals surface area contributed by atoms with Crippen LogP contribution < -0.4 is 0 Å². The Labute approximate surface area is 119 Å². The summed E-state index contributed by atoms with van der Waals surface area (Å²) >= 11 is 0. The second-order valence-corrected chi connectivity index (χ2v) is 6.57. The molecule has 4 atom stereocenters. The largest absolute Gasteiger partial charge is 0.469 e. The highest BCUT2D eigenvalue weighted by Gasteiger charge is 2.71. The number of benzene rings is 1. The Morgan fingerprint density at radius 1 is 1.35 bits per heavy atom. The van der Waals surface area contributed by atoms with Crippen LogP contribution in [0.25, 0.3) is 0 Å². The zero-order valence-corrected chi connectivity index (χ0v) is 11.9. The summed E-state index contributed by atoms with van der Waals surface area (Å²) in [4.78, 5) is 14.8. The van der Waals surface area contributed by atoms with Gasteiger partial charge in [-0.2, -0.15) is 0 Å². The normalized spacial score (nSPS) is 38.4. The van der Waals surface area contributed by atoms with Crippen molar-refractivity contribution in [1.82, 2.24) is 4.90 Å². The van der Waals surface area contributed by atoms with Gasteiger partial charge in [-0.05, 0) is 37.2 Å². The summed E-state index contributed by atoms with van der Waals surface area (Å²) in [6.07, 6.45) is 4.63. The summed E-state index contributed by atoms with van der Waals surface area (Å²) in [5.41, 5.74) is 1.18. The van der Waals surface area contributed by atoms with Gasteiger partial charge in [0.2, 0.25) is 0 Å². The van der Waals surface area contributed by atoms with Crippen LogP contribution in [0, 0.1) is 11.3 Å². The summed E-state index contributed by atoms with van der Waals surface area (Å²) in [6, 6.07) is 11.7. The fraction of sp³-hybridized carbons (Fsp3) is 0.588. The lowest BCUT2D eigenvalue weighted by Gasteiger charge is -2.39. The molecule has 3 heteroatoms. The van der Waals surface area contributed by atoms with E-state index in [1.807, 2.05) is 0 Å². The van der Waals surface area contributed by atoms with E-state index in [1.54, 1.807) is 0 Å². The summed E-state index contributed by atoms with van der Waals surface area (Å²) in [5.74, 6) is 0.616. The standard InChI is InChI=1S/C17H21NO2/c1-20-16(19)17-10-13(17)9-14-7-8-15(17)18(14)11-12-5-3-2-4-6-12/h2-6,13-15H,7-11H2,1H3. The number of ether oxygens (including phenoxy) is 1. The van der Waals surface area contributed by atoms with Crippen LogP contribution in [0.5, 0.6) is 0 Å². The smallest absolute Gasteiger partial charge is 0.313 e. The lowest BCUT2D eigenvalue weighted by Crippen LogP contribution is -2.48. The van der Waals surface area contributed by atoms with Crippen molar-refractivity contribution >= 4 is 5.97 Å². The zero-order chi connectivity index (χ0) is 13.7. The maximum atomic E-state index is 12.3. The molecule has 20 heavy (non-hydrogen) atoms. The number of nitrogens with zero attached hydrogens (tertiary/aromatic N) is 1. The Kier molecular flexibility index (Phi) is 2.68. The predicted octanol–water partition coefficient (Wildman–Crippen LogP) is 2.60. The van der Waals surface area contributed by atoms with Gasteiger partial charge in [-0.1, -0.05) is 30.3 Å². The molecule has 0 radical (unpaired) electrons. The average Bonchev–Trinajstić information content (AvgIpc) is 3.12. The molecule has 1 saturated carbocycles. The van der Waals surface area contributed by atoms with Crippen LogP contribution >= 0.6 is 0 Å².